The first kappa shape index (κ1) is 6.56. The van der Waals surface area contributed by atoms with E-state index in [9.17, 15) is 0 Å². The van der Waals surface area contributed by atoms with Gasteiger partial charge in [-0.3, -0.25) is 0 Å². The summed E-state index contributed by atoms with van der Waals surface area (Å²) in [6.45, 7) is 5.24. The molecule has 0 amide bonds. The Labute approximate surface area is 56.5 Å². The molecule has 1 unspecified atom stereocenters. The van der Waals surface area contributed by atoms with Crippen LogP contribution in [-0.4, -0.2) is 12.6 Å². The van der Waals surface area contributed by atoms with Crippen molar-refractivity contribution in [2.24, 2.45) is 0 Å². The second-order valence-corrected chi connectivity index (χ2v) is 2.45. The van der Waals surface area contributed by atoms with Crippen LogP contribution >= 0.6 is 0 Å². The zero-order chi connectivity index (χ0) is 6.69. The molecule has 0 saturated heterocycles. The molecular weight excluding hydrogens is 110 g/mol. The summed E-state index contributed by atoms with van der Waals surface area (Å²) in [5.41, 5.74) is 1.44. The van der Waals surface area contributed by atoms with E-state index in [2.05, 4.69) is 30.5 Å². The monoisotopic (exact) mass is 123 g/mol. The van der Waals surface area contributed by atoms with Gasteiger partial charge in [-0.25, -0.2) is 0 Å². The fourth-order valence-electron chi connectivity index (χ4n) is 1.03. The van der Waals surface area contributed by atoms with Crippen molar-refractivity contribution in [1.82, 2.24) is 5.32 Å². The molecule has 1 aliphatic rings. The van der Waals surface area contributed by atoms with Crippen LogP contribution in [0.3, 0.4) is 0 Å². The SMILES string of the molecule is C/C=C/C1C=C(C)CN1. The van der Waals surface area contributed by atoms with Crippen LogP contribution in [0.4, 0.5) is 0 Å². The lowest BCUT2D eigenvalue weighted by Crippen LogP contribution is -2.19. The van der Waals surface area contributed by atoms with Crippen molar-refractivity contribution >= 4 is 0 Å². The first-order valence-electron chi connectivity index (χ1n) is 3.36. The smallest absolute Gasteiger partial charge is 0.0440 e. The second-order valence-electron chi connectivity index (χ2n) is 2.45. The molecule has 0 aromatic carbocycles. The van der Waals surface area contributed by atoms with Crippen molar-refractivity contribution in [2.75, 3.05) is 6.54 Å². The minimum absolute atomic E-state index is 0.495. The molecule has 0 aromatic heterocycles. The fourth-order valence-corrected chi connectivity index (χ4v) is 1.03. The molecule has 0 bridgehead atoms. The summed E-state index contributed by atoms with van der Waals surface area (Å²) in [7, 11) is 0. The topological polar surface area (TPSA) is 12.0 Å². The summed E-state index contributed by atoms with van der Waals surface area (Å²) in [6.07, 6.45) is 6.49. The Bertz CT molecular complexity index is 145. The van der Waals surface area contributed by atoms with Gasteiger partial charge in [0.2, 0.25) is 0 Å². The largest absolute Gasteiger partial charge is 0.303 e. The first-order chi connectivity index (χ1) is 4.33. The van der Waals surface area contributed by atoms with E-state index >= 15 is 0 Å². The maximum absolute atomic E-state index is 3.33. The van der Waals surface area contributed by atoms with Gasteiger partial charge in [0.05, 0.1) is 0 Å². The molecule has 0 aromatic rings. The Kier molecular flexibility index (Phi) is 2.06. The van der Waals surface area contributed by atoms with Gasteiger partial charge in [-0.1, -0.05) is 23.8 Å². The van der Waals surface area contributed by atoms with Crippen LogP contribution in [0.15, 0.2) is 23.8 Å². The molecule has 0 fully saturated rings. The maximum atomic E-state index is 3.33. The van der Waals surface area contributed by atoms with Crippen molar-refractivity contribution in [3.63, 3.8) is 0 Å². The van der Waals surface area contributed by atoms with Gasteiger partial charge in [0.25, 0.3) is 0 Å². The molecular formula is C8H13N. The van der Waals surface area contributed by atoms with Gasteiger partial charge in [0.15, 0.2) is 0 Å². The van der Waals surface area contributed by atoms with Gasteiger partial charge in [-0.15, -0.1) is 0 Å². The van der Waals surface area contributed by atoms with Crippen LogP contribution in [0.1, 0.15) is 13.8 Å². The summed E-state index contributed by atoms with van der Waals surface area (Å²) in [6, 6.07) is 0.495. The van der Waals surface area contributed by atoms with Gasteiger partial charge in [0.1, 0.15) is 0 Å². The zero-order valence-corrected chi connectivity index (χ0v) is 6.02. The summed E-state index contributed by atoms with van der Waals surface area (Å²) < 4.78 is 0. The van der Waals surface area contributed by atoms with Crippen molar-refractivity contribution in [3.8, 4) is 0 Å². The minimum atomic E-state index is 0.495. The lowest BCUT2D eigenvalue weighted by molar-refractivity contribution is 0.773. The number of hydrogen-bond donors (Lipinski definition) is 1. The predicted molar refractivity (Wildman–Crippen MR) is 40.4 cm³/mol. The van der Waals surface area contributed by atoms with Crippen LogP contribution in [-0.2, 0) is 0 Å². The predicted octanol–water partition coefficient (Wildman–Crippen LogP) is 1.48. The molecule has 0 saturated carbocycles. The number of hydrogen-bond acceptors (Lipinski definition) is 1. The van der Waals surface area contributed by atoms with Crippen LogP contribution in [0.2, 0.25) is 0 Å². The van der Waals surface area contributed by atoms with E-state index in [1.54, 1.807) is 0 Å². The Morgan fingerprint density at radius 2 is 2.56 bits per heavy atom. The van der Waals surface area contributed by atoms with E-state index in [1.807, 2.05) is 6.92 Å². The molecule has 1 atom stereocenters. The molecule has 1 rings (SSSR count). The highest BCUT2D eigenvalue weighted by Gasteiger charge is 2.06. The molecule has 9 heavy (non-hydrogen) atoms. The molecule has 50 valence electrons. The van der Waals surface area contributed by atoms with Crippen molar-refractivity contribution < 1.29 is 0 Å². The summed E-state index contributed by atoms with van der Waals surface area (Å²) in [5.74, 6) is 0. The molecule has 1 heteroatoms. The highest BCUT2D eigenvalue weighted by atomic mass is 14.9. The number of allylic oxidation sites excluding steroid dienone is 1. The molecule has 1 aliphatic heterocycles. The molecule has 0 radical (unpaired) electrons. The van der Waals surface area contributed by atoms with Crippen molar-refractivity contribution in [1.29, 1.82) is 0 Å². The van der Waals surface area contributed by atoms with E-state index in [1.165, 1.54) is 5.57 Å². The lowest BCUT2D eigenvalue weighted by atomic mass is 10.2. The standard InChI is InChI=1S/C8H13N/c1-3-4-8-5-7(2)6-9-8/h3-5,8-9H,6H2,1-2H3/b4-3+. The van der Waals surface area contributed by atoms with Gasteiger partial charge < -0.3 is 5.32 Å². The van der Waals surface area contributed by atoms with E-state index in [0.717, 1.165) is 6.54 Å². The van der Waals surface area contributed by atoms with Crippen LogP contribution in [0.25, 0.3) is 0 Å². The number of rotatable bonds is 1. The Balaban J connectivity index is 2.47. The quantitative estimate of drug-likeness (QED) is 0.521. The second kappa shape index (κ2) is 2.83. The fraction of sp³-hybridized carbons (Fsp3) is 0.500. The zero-order valence-electron chi connectivity index (χ0n) is 6.02. The normalized spacial score (nSPS) is 27.3. The minimum Gasteiger partial charge on any atom is -0.303 e. The third-order valence-corrected chi connectivity index (χ3v) is 1.48. The van der Waals surface area contributed by atoms with Crippen molar-refractivity contribution in [2.45, 2.75) is 19.9 Å². The average molecular weight is 123 g/mol. The third kappa shape index (κ3) is 1.68. The van der Waals surface area contributed by atoms with E-state index in [4.69, 9.17) is 0 Å². The summed E-state index contributed by atoms with van der Waals surface area (Å²) in [5, 5.41) is 3.33. The van der Waals surface area contributed by atoms with Crippen molar-refractivity contribution in [3.05, 3.63) is 23.8 Å². The van der Waals surface area contributed by atoms with E-state index in [-0.39, 0.29) is 0 Å². The summed E-state index contributed by atoms with van der Waals surface area (Å²) in [4.78, 5) is 0. The third-order valence-electron chi connectivity index (χ3n) is 1.48. The van der Waals surface area contributed by atoms with Gasteiger partial charge in [-0.2, -0.15) is 0 Å². The average Bonchev–Trinajstić information content (AvgIpc) is 2.17. The molecule has 0 aliphatic carbocycles. The van der Waals surface area contributed by atoms with Crippen LogP contribution in [0, 0.1) is 0 Å². The molecule has 1 N–H and O–H groups in total. The molecule has 0 spiro atoms. The maximum Gasteiger partial charge on any atom is 0.0440 e. The van der Waals surface area contributed by atoms with E-state index < -0.39 is 0 Å². The van der Waals surface area contributed by atoms with E-state index in [0.29, 0.717) is 6.04 Å². The molecule has 1 nitrogen and oxygen atoms in total. The Hall–Kier alpha value is -0.560. The first-order valence-corrected chi connectivity index (χ1v) is 3.36. The molecule has 1 heterocycles. The highest BCUT2D eigenvalue weighted by Crippen LogP contribution is 2.04. The Morgan fingerprint density at radius 3 is 3.00 bits per heavy atom. The van der Waals surface area contributed by atoms with Gasteiger partial charge in [0, 0.05) is 12.6 Å². The van der Waals surface area contributed by atoms with Crippen LogP contribution in [0.5, 0.6) is 0 Å². The Morgan fingerprint density at radius 1 is 1.78 bits per heavy atom. The highest BCUT2D eigenvalue weighted by molar-refractivity contribution is 5.18. The van der Waals surface area contributed by atoms with Crippen LogP contribution < -0.4 is 5.32 Å². The van der Waals surface area contributed by atoms with Gasteiger partial charge >= 0.3 is 0 Å². The summed E-state index contributed by atoms with van der Waals surface area (Å²) >= 11 is 0. The number of nitrogens with one attached hydrogen (secondary N) is 1. The van der Waals surface area contributed by atoms with Gasteiger partial charge in [-0.05, 0) is 13.8 Å². The lowest BCUT2D eigenvalue weighted by Gasteiger charge is -1.98.